The molecule has 1 amide bonds. The van der Waals surface area contributed by atoms with Crippen molar-refractivity contribution in [1.82, 2.24) is 0 Å². The Morgan fingerprint density at radius 3 is 2.57 bits per heavy atom. The molecule has 1 aliphatic rings. The molecule has 2 unspecified atom stereocenters. The monoisotopic (exact) mass is 417 g/mol. The second kappa shape index (κ2) is 7.92. The number of alkyl halides is 3. The summed E-state index contributed by atoms with van der Waals surface area (Å²) in [4.78, 5) is 25.8. The maximum atomic E-state index is 12.6. The highest BCUT2D eigenvalue weighted by Gasteiger charge is 2.50. The van der Waals surface area contributed by atoms with Crippen LogP contribution in [-0.4, -0.2) is 28.9 Å². The second-order valence-corrected chi connectivity index (χ2v) is 7.35. The fraction of sp³-hybridized carbons (Fsp3) is 0.474. The largest absolute Gasteiger partial charge is 0.573 e. The lowest BCUT2D eigenvalue weighted by Gasteiger charge is -2.44. The number of aliphatic carboxylic acids is 1. The van der Waals surface area contributed by atoms with Gasteiger partial charge in [-0.1, -0.05) is 31.4 Å². The summed E-state index contributed by atoms with van der Waals surface area (Å²) < 4.78 is 41.5. The first-order valence-corrected chi connectivity index (χ1v) is 8.89. The Morgan fingerprint density at radius 1 is 1.43 bits per heavy atom. The van der Waals surface area contributed by atoms with E-state index < -0.39 is 34.5 Å². The number of rotatable bonds is 4. The summed E-state index contributed by atoms with van der Waals surface area (Å²) in [6.45, 7) is 3.29. The van der Waals surface area contributed by atoms with E-state index >= 15 is 0 Å². The summed E-state index contributed by atoms with van der Waals surface area (Å²) in [5.74, 6) is -0.839. The second-order valence-electron chi connectivity index (χ2n) is 6.94. The highest BCUT2D eigenvalue weighted by Crippen LogP contribution is 2.43. The molecular weight excluding hydrogens is 399 g/mol. The van der Waals surface area contributed by atoms with Gasteiger partial charge in [0.2, 0.25) is 0 Å². The fourth-order valence-electron chi connectivity index (χ4n) is 3.70. The van der Waals surface area contributed by atoms with Crippen molar-refractivity contribution in [2.24, 2.45) is 5.92 Å². The van der Waals surface area contributed by atoms with Crippen molar-refractivity contribution in [2.45, 2.75) is 51.4 Å². The number of anilines is 1. The smallest absolute Gasteiger partial charge is 0.479 e. The van der Waals surface area contributed by atoms with Crippen molar-refractivity contribution in [3.05, 3.63) is 22.7 Å². The number of aryl methyl sites for hydroxylation is 1. The molecule has 1 saturated carbocycles. The van der Waals surface area contributed by atoms with Crippen molar-refractivity contribution < 1.29 is 32.6 Å². The van der Waals surface area contributed by atoms with E-state index in [9.17, 15) is 27.9 Å². The third-order valence-corrected chi connectivity index (χ3v) is 5.14. The number of halogens is 4. The van der Waals surface area contributed by atoms with Crippen LogP contribution in [0.5, 0.6) is 5.75 Å². The molecular formula is C19H19ClF3NO4. The maximum Gasteiger partial charge on any atom is 0.573 e. The number of terminal acetylenes is 1. The predicted molar refractivity (Wildman–Crippen MR) is 97.2 cm³/mol. The molecule has 0 aliphatic heterocycles. The Hall–Kier alpha value is -2.40. The van der Waals surface area contributed by atoms with Crippen molar-refractivity contribution >= 4 is 29.2 Å². The van der Waals surface area contributed by atoms with Gasteiger partial charge in [0, 0.05) is 0 Å². The Bertz CT molecular complexity index is 834. The lowest BCUT2D eigenvalue weighted by atomic mass is 9.74. The number of carboxylic acids is 1. The average Bonchev–Trinajstić information content (AvgIpc) is 2.57. The van der Waals surface area contributed by atoms with Gasteiger partial charge in [-0.25, -0.2) is 4.79 Å². The van der Waals surface area contributed by atoms with Crippen molar-refractivity contribution in [3.63, 3.8) is 0 Å². The van der Waals surface area contributed by atoms with Gasteiger partial charge in [0.05, 0.1) is 10.7 Å². The van der Waals surface area contributed by atoms with Crippen molar-refractivity contribution in [1.29, 1.82) is 0 Å². The number of amides is 1. The molecule has 1 fully saturated rings. The van der Waals surface area contributed by atoms with Crippen LogP contribution in [0.15, 0.2) is 12.1 Å². The molecule has 2 atom stereocenters. The average molecular weight is 418 g/mol. The molecule has 1 N–H and O–H groups in total. The number of carbonyl (C=O) groups excluding carboxylic acids is 1. The molecule has 0 spiro atoms. The first-order valence-electron chi connectivity index (χ1n) is 8.51. The lowest BCUT2D eigenvalue weighted by molar-refractivity contribution is -0.274. The maximum absolute atomic E-state index is 12.6. The lowest BCUT2D eigenvalue weighted by Crippen LogP contribution is -2.59. The van der Waals surface area contributed by atoms with E-state index in [1.165, 1.54) is 6.92 Å². The number of ether oxygens (including phenoxy) is 1. The van der Waals surface area contributed by atoms with E-state index in [-0.39, 0.29) is 30.0 Å². The normalized spacial score (nSPS) is 22.2. The molecule has 1 aromatic rings. The zero-order valence-electron chi connectivity index (χ0n) is 15.3. The minimum Gasteiger partial charge on any atom is -0.479 e. The van der Waals surface area contributed by atoms with Crippen molar-refractivity contribution in [2.75, 3.05) is 4.90 Å². The fourth-order valence-corrected chi connectivity index (χ4v) is 3.90. The standard InChI is InChI=1S/C19H19ClF3NO4/c1-4-16(25)24(18(17(26)27)7-5-6-11(2)10-18)14-9-13(20)15(8-12(14)3)28-19(21,22)23/h1,8-9,11H,5-7,10H2,2-3H3,(H,26,27). The summed E-state index contributed by atoms with van der Waals surface area (Å²) >= 11 is 5.93. The molecule has 0 saturated heterocycles. The molecule has 0 aromatic heterocycles. The Kier molecular flexibility index (Phi) is 6.19. The van der Waals surface area contributed by atoms with E-state index in [1.54, 1.807) is 0 Å². The van der Waals surface area contributed by atoms with Crippen LogP contribution in [0.4, 0.5) is 18.9 Å². The zero-order chi connectivity index (χ0) is 21.3. The quantitative estimate of drug-likeness (QED) is 0.730. The summed E-state index contributed by atoms with van der Waals surface area (Å²) in [6.07, 6.45) is 2.00. The van der Waals surface area contributed by atoms with Crippen LogP contribution in [-0.2, 0) is 9.59 Å². The van der Waals surface area contributed by atoms with Gasteiger partial charge in [-0.15, -0.1) is 19.6 Å². The number of nitrogens with zero attached hydrogens (tertiary/aromatic N) is 1. The summed E-state index contributed by atoms with van der Waals surface area (Å²) in [5, 5.41) is 9.56. The van der Waals surface area contributed by atoms with Crippen LogP contribution in [0.25, 0.3) is 0 Å². The third kappa shape index (κ3) is 4.36. The zero-order valence-corrected chi connectivity index (χ0v) is 16.0. The van der Waals surface area contributed by atoms with Crippen LogP contribution in [0.1, 0.15) is 38.2 Å². The first-order chi connectivity index (χ1) is 12.9. The molecule has 0 bridgehead atoms. The first kappa shape index (κ1) is 21.9. The van der Waals surface area contributed by atoms with E-state index in [0.29, 0.717) is 6.42 Å². The predicted octanol–water partition coefficient (Wildman–Crippen LogP) is 4.55. The van der Waals surface area contributed by atoms with Crippen LogP contribution in [0.3, 0.4) is 0 Å². The van der Waals surface area contributed by atoms with Gasteiger partial charge in [-0.2, -0.15) is 0 Å². The highest BCUT2D eigenvalue weighted by molar-refractivity contribution is 6.32. The molecule has 1 aromatic carbocycles. The minimum absolute atomic E-state index is 0.0153. The van der Waals surface area contributed by atoms with Gasteiger partial charge in [-0.3, -0.25) is 9.69 Å². The molecule has 152 valence electrons. The van der Waals surface area contributed by atoms with Gasteiger partial charge in [0.15, 0.2) is 0 Å². The number of hydrogen-bond acceptors (Lipinski definition) is 3. The molecule has 1 aliphatic carbocycles. The van der Waals surface area contributed by atoms with Gasteiger partial charge >= 0.3 is 18.2 Å². The SMILES string of the molecule is C#CC(=O)N(c1cc(Cl)c(OC(F)(F)F)cc1C)C1(C(=O)O)CCCC(C)C1. The van der Waals surface area contributed by atoms with E-state index in [1.807, 2.05) is 12.8 Å². The third-order valence-electron chi connectivity index (χ3n) is 4.84. The summed E-state index contributed by atoms with van der Waals surface area (Å²) in [6, 6.07) is 2.08. The molecule has 0 heterocycles. The molecule has 5 nitrogen and oxygen atoms in total. The number of benzene rings is 1. The Labute approximate surface area is 165 Å². The van der Waals surface area contributed by atoms with E-state index in [2.05, 4.69) is 4.74 Å². The van der Waals surface area contributed by atoms with E-state index in [4.69, 9.17) is 18.0 Å². The van der Waals surface area contributed by atoms with Gasteiger partial charge in [0.25, 0.3) is 0 Å². The van der Waals surface area contributed by atoms with Gasteiger partial charge < -0.3 is 9.84 Å². The topological polar surface area (TPSA) is 66.8 Å². The molecule has 0 radical (unpaired) electrons. The molecule has 2 rings (SSSR count). The van der Waals surface area contributed by atoms with Crippen LogP contribution in [0, 0.1) is 25.2 Å². The van der Waals surface area contributed by atoms with E-state index in [0.717, 1.165) is 23.5 Å². The highest BCUT2D eigenvalue weighted by atomic mass is 35.5. The molecule has 28 heavy (non-hydrogen) atoms. The summed E-state index contributed by atoms with van der Waals surface area (Å²) in [5.41, 5.74) is -1.40. The molecule has 9 heteroatoms. The number of carbonyl (C=O) groups is 2. The van der Waals surface area contributed by atoms with Gasteiger partial charge in [0.1, 0.15) is 11.3 Å². The van der Waals surface area contributed by atoms with Crippen LogP contribution >= 0.6 is 11.6 Å². The summed E-state index contributed by atoms with van der Waals surface area (Å²) in [7, 11) is 0. The Morgan fingerprint density at radius 2 is 2.07 bits per heavy atom. The van der Waals surface area contributed by atoms with Gasteiger partial charge in [-0.05, 0) is 49.3 Å². The van der Waals surface area contributed by atoms with Crippen LogP contribution < -0.4 is 9.64 Å². The Balaban J connectivity index is 2.64. The minimum atomic E-state index is -4.95. The van der Waals surface area contributed by atoms with Crippen LogP contribution in [0.2, 0.25) is 5.02 Å². The number of hydrogen-bond donors (Lipinski definition) is 1. The number of carboxylic acid groups (broad SMARTS) is 1. The van der Waals surface area contributed by atoms with Crippen molar-refractivity contribution in [3.8, 4) is 18.1 Å².